The summed E-state index contributed by atoms with van der Waals surface area (Å²) in [4.78, 5) is 7.24. The first kappa shape index (κ1) is 14.7. The van der Waals surface area contributed by atoms with E-state index in [4.69, 9.17) is 4.52 Å². The fourth-order valence-electron chi connectivity index (χ4n) is 5.50. The lowest BCUT2D eigenvalue weighted by atomic mass is 9.67. The van der Waals surface area contributed by atoms with Crippen LogP contribution in [0.4, 0.5) is 0 Å². The predicted molar refractivity (Wildman–Crippen MR) is 85.6 cm³/mol. The summed E-state index contributed by atoms with van der Waals surface area (Å²) in [7, 11) is 2.30. The van der Waals surface area contributed by atoms with Crippen LogP contribution in [0.15, 0.2) is 4.52 Å². The molecule has 2 unspecified atom stereocenters. The SMILES string of the molecule is Cc1noc(C2C3CC[C@H](C[C@H]2C2CCC(C)CC2)N3C)n1. The fourth-order valence-corrected chi connectivity index (χ4v) is 5.50. The second-order valence-electron chi connectivity index (χ2n) is 8.09. The number of piperidine rings is 1. The normalized spacial score (nSPS) is 42.7. The van der Waals surface area contributed by atoms with Crippen molar-refractivity contribution in [1.29, 1.82) is 0 Å². The van der Waals surface area contributed by atoms with Crippen LogP contribution in [0.25, 0.3) is 0 Å². The number of aryl methyl sites for hydroxylation is 1. The average Bonchev–Trinajstić information content (AvgIpc) is 3.02. The average molecular weight is 303 g/mol. The summed E-state index contributed by atoms with van der Waals surface area (Å²) in [6.07, 6.45) is 9.59. The number of likely N-dealkylation sites (N-methyl/N-ethyl adjacent to an activating group) is 1. The lowest BCUT2D eigenvalue weighted by Crippen LogP contribution is -2.47. The molecule has 122 valence electrons. The van der Waals surface area contributed by atoms with Crippen LogP contribution in [0.1, 0.15) is 69.5 Å². The van der Waals surface area contributed by atoms with Crippen molar-refractivity contribution in [2.75, 3.05) is 7.05 Å². The first-order valence-corrected chi connectivity index (χ1v) is 9.15. The van der Waals surface area contributed by atoms with Crippen molar-refractivity contribution in [3.63, 3.8) is 0 Å². The summed E-state index contributed by atoms with van der Waals surface area (Å²) < 4.78 is 5.66. The Balaban J connectivity index is 1.63. The monoisotopic (exact) mass is 303 g/mol. The highest BCUT2D eigenvalue weighted by Crippen LogP contribution is 2.51. The Kier molecular flexibility index (Phi) is 3.75. The molecule has 4 atom stereocenters. The minimum atomic E-state index is 0.461. The quantitative estimate of drug-likeness (QED) is 0.834. The summed E-state index contributed by atoms with van der Waals surface area (Å²) in [5.74, 6) is 4.70. The van der Waals surface area contributed by atoms with E-state index in [2.05, 4.69) is 29.0 Å². The Morgan fingerprint density at radius 2 is 1.86 bits per heavy atom. The van der Waals surface area contributed by atoms with E-state index in [-0.39, 0.29) is 0 Å². The van der Waals surface area contributed by atoms with Gasteiger partial charge in [0.25, 0.3) is 0 Å². The van der Waals surface area contributed by atoms with E-state index in [9.17, 15) is 0 Å². The Labute approximate surface area is 133 Å². The van der Waals surface area contributed by atoms with Gasteiger partial charge in [-0.3, -0.25) is 4.90 Å². The lowest BCUT2D eigenvalue weighted by molar-refractivity contribution is 0.0449. The van der Waals surface area contributed by atoms with Crippen molar-refractivity contribution in [1.82, 2.24) is 15.0 Å². The van der Waals surface area contributed by atoms with Gasteiger partial charge in [0.1, 0.15) is 0 Å². The van der Waals surface area contributed by atoms with Gasteiger partial charge in [0, 0.05) is 12.1 Å². The topological polar surface area (TPSA) is 42.2 Å². The van der Waals surface area contributed by atoms with Gasteiger partial charge in [0.2, 0.25) is 5.89 Å². The van der Waals surface area contributed by atoms with Gasteiger partial charge in [-0.05, 0) is 63.8 Å². The minimum Gasteiger partial charge on any atom is -0.339 e. The zero-order valence-electron chi connectivity index (χ0n) is 14.2. The van der Waals surface area contributed by atoms with Gasteiger partial charge < -0.3 is 4.52 Å². The molecule has 4 nitrogen and oxygen atoms in total. The first-order valence-electron chi connectivity index (χ1n) is 9.15. The van der Waals surface area contributed by atoms with E-state index in [0.29, 0.717) is 12.0 Å². The Hall–Kier alpha value is -0.900. The summed E-state index contributed by atoms with van der Waals surface area (Å²) in [6, 6.07) is 1.40. The molecule has 1 saturated carbocycles. The summed E-state index contributed by atoms with van der Waals surface area (Å²) in [6.45, 7) is 4.35. The molecular weight excluding hydrogens is 274 g/mol. The number of fused-ring (bicyclic) bond motifs is 2. The first-order chi connectivity index (χ1) is 10.6. The molecule has 3 heterocycles. The fraction of sp³-hybridized carbons (Fsp3) is 0.889. The van der Waals surface area contributed by atoms with E-state index in [0.717, 1.165) is 35.5 Å². The molecule has 4 heteroatoms. The zero-order valence-corrected chi connectivity index (χ0v) is 14.2. The van der Waals surface area contributed by atoms with Crippen molar-refractivity contribution in [2.24, 2.45) is 17.8 Å². The largest absolute Gasteiger partial charge is 0.339 e. The maximum absolute atomic E-state index is 5.66. The van der Waals surface area contributed by atoms with Crippen LogP contribution in [0, 0.1) is 24.7 Å². The lowest BCUT2D eigenvalue weighted by Gasteiger charge is -2.46. The van der Waals surface area contributed by atoms with E-state index >= 15 is 0 Å². The van der Waals surface area contributed by atoms with Gasteiger partial charge >= 0.3 is 0 Å². The second-order valence-corrected chi connectivity index (χ2v) is 8.09. The van der Waals surface area contributed by atoms with Crippen molar-refractivity contribution < 1.29 is 4.52 Å². The van der Waals surface area contributed by atoms with Crippen LogP contribution in [0.3, 0.4) is 0 Å². The molecule has 1 aromatic rings. The highest BCUT2D eigenvalue weighted by Gasteiger charge is 2.50. The molecule has 1 aromatic heterocycles. The molecule has 2 aliphatic heterocycles. The number of rotatable bonds is 2. The van der Waals surface area contributed by atoms with Gasteiger partial charge in [-0.2, -0.15) is 4.98 Å². The molecule has 3 fully saturated rings. The van der Waals surface area contributed by atoms with Crippen LogP contribution in [0.2, 0.25) is 0 Å². The molecule has 22 heavy (non-hydrogen) atoms. The van der Waals surface area contributed by atoms with Gasteiger partial charge in [-0.1, -0.05) is 24.9 Å². The predicted octanol–water partition coefficient (Wildman–Crippen LogP) is 3.77. The van der Waals surface area contributed by atoms with Crippen LogP contribution < -0.4 is 0 Å². The summed E-state index contributed by atoms with van der Waals surface area (Å²) >= 11 is 0. The van der Waals surface area contributed by atoms with Crippen LogP contribution in [0.5, 0.6) is 0 Å². The van der Waals surface area contributed by atoms with Crippen molar-refractivity contribution in [2.45, 2.75) is 76.8 Å². The van der Waals surface area contributed by atoms with E-state index in [1.54, 1.807) is 0 Å². The molecule has 0 amide bonds. The highest BCUT2D eigenvalue weighted by atomic mass is 16.5. The molecule has 2 saturated heterocycles. The Morgan fingerprint density at radius 1 is 1.09 bits per heavy atom. The van der Waals surface area contributed by atoms with Gasteiger partial charge in [0.15, 0.2) is 5.82 Å². The molecular formula is C18H29N3O. The molecule has 0 radical (unpaired) electrons. The Bertz CT molecular complexity index is 520. The zero-order chi connectivity index (χ0) is 15.3. The van der Waals surface area contributed by atoms with E-state index in [1.807, 2.05) is 6.92 Å². The third kappa shape index (κ3) is 2.40. The highest BCUT2D eigenvalue weighted by molar-refractivity contribution is 5.11. The third-order valence-electron chi connectivity index (χ3n) is 6.81. The number of hydrogen-bond donors (Lipinski definition) is 0. The van der Waals surface area contributed by atoms with Crippen molar-refractivity contribution >= 4 is 0 Å². The van der Waals surface area contributed by atoms with Gasteiger partial charge in [0.05, 0.1) is 5.92 Å². The minimum absolute atomic E-state index is 0.461. The summed E-state index contributed by atoms with van der Waals surface area (Å²) in [5, 5.41) is 4.09. The standard InChI is InChI=1S/C18H29N3O/c1-11-4-6-13(7-5-11)15-10-14-8-9-16(21(14)3)17(15)18-19-12(2)20-22-18/h11,13-17H,4-10H2,1-3H3/t11?,13?,14-,15+,16?,17?/m1/s1. The van der Waals surface area contributed by atoms with Crippen molar-refractivity contribution in [3.8, 4) is 0 Å². The molecule has 3 aliphatic rings. The molecule has 0 aromatic carbocycles. The second kappa shape index (κ2) is 5.63. The van der Waals surface area contributed by atoms with Crippen molar-refractivity contribution in [3.05, 3.63) is 11.7 Å². The van der Waals surface area contributed by atoms with E-state index in [1.165, 1.54) is 44.9 Å². The Morgan fingerprint density at radius 3 is 2.55 bits per heavy atom. The summed E-state index contributed by atoms with van der Waals surface area (Å²) in [5.41, 5.74) is 0. The smallest absolute Gasteiger partial charge is 0.231 e. The van der Waals surface area contributed by atoms with Crippen LogP contribution >= 0.6 is 0 Å². The maximum Gasteiger partial charge on any atom is 0.231 e. The van der Waals surface area contributed by atoms with Crippen LogP contribution in [-0.2, 0) is 0 Å². The number of hydrogen-bond acceptors (Lipinski definition) is 4. The molecule has 0 spiro atoms. The molecule has 0 N–H and O–H groups in total. The molecule has 1 aliphatic carbocycles. The molecule has 2 bridgehead atoms. The van der Waals surface area contributed by atoms with Crippen LogP contribution in [-0.4, -0.2) is 34.2 Å². The number of aromatic nitrogens is 2. The number of nitrogens with zero attached hydrogens (tertiary/aromatic N) is 3. The van der Waals surface area contributed by atoms with Gasteiger partial charge in [-0.25, -0.2) is 0 Å². The molecule has 4 rings (SSSR count). The maximum atomic E-state index is 5.66. The van der Waals surface area contributed by atoms with Gasteiger partial charge in [-0.15, -0.1) is 0 Å². The third-order valence-corrected chi connectivity index (χ3v) is 6.81. The van der Waals surface area contributed by atoms with E-state index < -0.39 is 0 Å².